The fraction of sp³-hybridized carbons (Fsp3) is 0.400. The van der Waals surface area contributed by atoms with Crippen molar-refractivity contribution in [1.82, 2.24) is 15.0 Å². The Kier molecular flexibility index (Phi) is 3.60. The Labute approximate surface area is 117 Å². The van der Waals surface area contributed by atoms with Gasteiger partial charge in [-0.1, -0.05) is 35.0 Å². The summed E-state index contributed by atoms with van der Waals surface area (Å²) in [4.78, 5) is 11.1. The molecule has 1 aliphatic rings. The van der Waals surface area contributed by atoms with E-state index in [2.05, 4.69) is 41.5 Å². The van der Waals surface area contributed by atoms with Crippen LogP contribution in [0.1, 0.15) is 46.3 Å². The average molecular weight is 271 g/mol. The second-order valence-electron chi connectivity index (χ2n) is 5.12. The van der Waals surface area contributed by atoms with E-state index in [-0.39, 0.29) is 6.10 Å². The Morgan fingerprint density at radius 1 is 1.40 bits per heavy atom. The van der Waals surface area contributed by atoms with Gasteiger partial charge in [-0.3, -0.25) is 4.79 Å². The molecular formula is C15H17N3O2. The zero-order valence-electron chi connectivity index (χ0n) is 11.5. The van der Waals surface area contributed by atoms with Crippen molar-refractivity contribution in [1.29, 1.82) is 0 Å². The minimum atomic E-state index is -0.0596. The van der Waals surface area contributed by atoms with Gasteiger partial charge in [0.15, 0.2) is 12.0 Å². The minimum Gasteiger partial charge on any atom is -0.372 e. The number of hydrogen-bond donors (Lipinski definition) is 0. The van der Waals surface area contributed by atoms with Crippen LogP contribution in [-0.2, 0) is 11.3 Å². The first-order valence-corrected chi connectivity index (χ1v) is 6.83. The highest BCUT2D eigenvalue weighted by Gasteiger charge is 2.26. The molecule has 0 N–H and O–H groups in total. The summed E-state index contributed by atoms with van der Waals surface area (Å²) >= 11 is 0. The Morgan fingerprint density at radius 3 is 2.85 bits per heavy atom. The lowest BCUT2D eigenvalue weighted by Gasteiger charge is -2.12. The first kappa shape index (κ1) is 13.0. The molecule has 5 nitrogen and oxygen atoms in total. The number of aryl methyl sites for hydroxylation is 1. The summed E-state index contributed by atoms with van der Waals surface area (Å²) in [6, 6.07) is 8.27. The van der Waals surface area contributed by atoms with E-state index in [0.717, 1.165) is 37.0 Å². The first-order valence-electron chi connectivity index (χ1n) is 6.83. The van der Waals surface area contributed by atoms with E-state index in [1.165, 1.54) is 5.56 Å². The number of aromatic nitrogens is 3. The van der Waals surface area contributed by atoms with Gasteiger partial charge in [-0.25, -0.2) is 4.68 Å². The van der Waals surface area contributed by atoms with E-state index in [1.54, 1.807) is 4.68 Å². The van der Waals surface area contributed by atoms with Gasteiger partial charge in [-0.2, -0.15) is 0 Å². The van der Waals surface area contributed by atoms with Crippen LogP contribution in [0.3, 0.4) is 0 Å². The Morgan fingerprint density at radius 2 is 2.20 bits per heavy atom. The first-order chi connectivity index (χ1) is 9.78. The number of benzene rings is 1. The van der Waals surface area contributed by atoms with Crippen LogP contribution in [0.25, 0.3) is 0 Å². The lowest BCUT2D eigenvalue weighted by Crippen LogP contribution is -2.11. The Balaban J connectivity index is 1.90. The van der Waals surface area contributed by atoms with Crippen LogP contribution in [0.4, 0.5) is 0 Å². The Bertz CT molecular complexity index is 598. The molecule has 0 amide bonds. The molecule has 1 unspecified atom stereocenters. The van der Waals surface area contributed by atoms with Gasteiger partial charge in [0.25, 0.3) is 0 Å². The van der Waals surface area contributed by atoms with Crippen LogP contribution >= 0.6 is 0 Å². The summed E-state index contributed by atoms with van der Waals surface area (Å²) in [5.41, 5.74) is 3.56. The topological polar surface area (TPSA) is 57.0 Å². The zero-order valence-corrected chi connectivity index (χ0v) is 11.5. The van der Waals surface area contributed by atoms with Crippen molar-refractivity contribution in [2.45, 2.75) is 32.4 Å². The standard InChI is InChI=1S/C15H17N3O2/c1-11-4-6-12(7-5-11)9-18-15(13(10-19)16-17-18)14-3-2-8-20-14/h4-7,10,14H,2-3,8-9H2,1H3. The second-order valence-corrected chi connectivity index (χ2v) is 5.12. The molecule has 1 atom stereocenters. The summed E-state index contributed by atoms with van der Waals surface area (Å²) < 4.78 is 7.46. The monoisotopic (exact) mass is 271 g/mol. The molecule has 3 rings (SSSR count). The van der Waals surface area contributed by atoms with Crippen molar-refractivity contribution in [3.63, 3.8) is 0 Å². The third kappa shape index (κ3) is 2.49. The van der Waals surface area contributed by atoms with Crippen LogP contribution in [0, 0.1) is 6.92 Å². The summed E-state index contributed by atoms with van der Waals surface area (Å²) in [7, 11) is 0. The maximum absolute atomic E-state index is 11.1. The minimum absolute atomic E-state index is 0.0596. The van der Waals surface area contributed by atoms with E-state index in [0.29, 0.717) is 12.2 Å². The largest absolute Gasteiger partial charge is 0.372 e. The third-order valence-corrected chi connectivity index (χ3v) is 3.60. The van der Waals surface area contributed by atoms with Gasteiger partial charge in [-0.15, -0.1) is 5.10 Å². The zero-order chi connectivity index (χ0) is 13.9. The summed E-state index contributed by atoms with van der Waals surface area (Å²) in [6.45, 7) is 3.40. The molecule has 0 bridgehead atoms. The second kappa shape index (κ2) is 5.54. The molecule has 0 spiro atoms. The highest BCUT2D eigenvalue weighted by Crippen LogP contribution is 2.29. The highest BCUT2D eigenvalue weighted by atomic mass is 16.5. The van der Waals surface area contributed by atoms with Crippen molar-refractivity contribution >= 4 is 6.29 Å². The molecule has 2 heterocycles. The molecule has 1 saturated heterocycles. The van der Waals surface area contributed by atoms with Crippen molar-refractivity contribution in [3.05, 3.63) is 46.8 Å². The quantitative estimate of drug-likeness (QED) is 0.801. The number of rotatable bonds is 4. The van der Waals surface area contributed by atoms with Crippen LogP contribution in [-0.4, -0.2) is 27.9 Å². The van der Waals surface area contributed by atoms with E-state index in [4.69, 9.17) is 4.74 Å². The van der Waals surface area contributed by atoms with Crippen molar-refractivity contribution in [2.75, 3.05) is 6.61 Å². The molecule has 2 aromatic rings. The number of hydrogen-bond acceptors (Lipinski definition) is 4. The van der Waals surface area contributed by atoms with Crippen LogP contribution < -0.4 is 0 Å². The number of carbonyl (C=O) groups is 1. The fourth-order valence-corrected chi connectivity index (χ4v) is 2.53. The van der Waals surface area contributed by atoms with E-state index < -0.39 is 0 Å². The van der Waals surface area contributed by atoms with Gasteiger partial charge in [0.1, 0.15) is 6.10 Å². The van der Waals surface area contributed by atoms with Crippen molar-refractivity contribution < 1.29 is 9.53 Å². The van der Waals surface area contributed by atoms with Gasteiger partial charge >= 0.3 is 0 Å². The molecule has 0 saturated carbocycles. The van der Waals surface area contributed by atoms with Crippen LogP contribution in [0.15, 0.2) is 24.3 Å². The summed E-state index contributed by atoms with van der Waals surface area (Å²) in [5.74, 6) is 0. The van der Waals surface area contributed by atoms with Gasteiger partial charge in [0.05, 0.1) is 12.2 Å². The molecule has 1 aromatic heterocycles. The lowest BCUT2D eigenvalue weighted by molar-refractivity contribution is 0.101. The number of ether oxygens (including phenoxy) is 1. The highest BCUT2D eigenvalue weighted by molar-refractivity contribution is 5.73. The van der Waals surface area contributed by atoms with Gasteiger partial charge in [0, 0.05) is 6.61 Å². The molecule has 0 aliphatic carbocycles. The number of carbonyl (C=O) groups excluding carboxylic acids is 1. The summed E-state index contributed by atoms with van der Waals surface area (Å²) in [5, 5.41) is 8.06. The molecule has 1 fully saturated rings. The third-order valence-electron chi connectivity index (χ3n) is 3.60. The fourth-order valence-electron chi connectivity index (χ4n) is 2.53. The predicted molar refractivity (Wildman–Crippen MR) is 73.6 cm³/mol. The van der Waals surface area contributed by atoms with Gasteiger partial charge in [0.2, 0.25) is 0 Å². The predicted octanol–water partition coefficient (Wildman–Crippen LogP) is 2.30. The van der Waals surface area contributed by atoms with Crippen LogP contribution in [0.5, 0.6) is 0 Å². The van der Waals surface area contributed by atoms with Gasteiger partial charge in [-0.05, 0) is 25.3 Å². The molecule has 1 aromatic carbocycles. The molecular weight excluding hydrogens is 254 g/mol. The molecule has 20 heavy (non-hydrogen) atoms. The van der Waals surface area contributed by atoms with Crippen LogP contribution in [0.2, 0.25) is 0 Å². The maximum Gasteiger partial charge on any atom is 0.172 e. The van der Waals surface area contributed by atoms with Crippen molar-refractivity contribution in [2.24, 2.45) is 0 Å². The normalized spacial score (nSPS) is 18.4. The maximum atomic E-state index is 11.1. The van der Waals surface area contributed by atoms with Gasteiger partial charge < -0.3 is 4.74 Å². The average Bonchev–Trinajstić information content (AvgIpc) is 3.10. The molecule has 5 heteroatoms. The smallest absolute Gasteiger partial charge is 0.172 e. The molecule has 0 radical (unpaired) electrons. The molecule has 104 valence electrons. The molecule has 1 aliphatic heterocycles. The Hall–Kier alpha value is -2.01. The van der Waals surface area contributed by atoms with Crippen molar-refractivity contribution in [3.8, 4) is 0 Å². The van der Waals surface area contributed by atoms with E-state index in [9.17, 15) is 4.79 Å². The SMILES string of the molecule is Cc1ccc(Cn2nnc(C=O)c2C2CCCO2)cc1. The lowest BCUT2D eigenvalue weighted by atomic mass is 10.1. The number of nitrogens with zero attached hydrogens (tertiary/aromatic N) is 3. The number of aldehydes is 1. The van der Waals surface area contributed by atoms with E-state index >= 15 is 0 Å². The van der Waals surface area contributed by atoms with E-state index in [1.807, 2.05) is 0 Å². The summed E-state index contributed by atoms with van der Waals surface area (Å²) in [6.07, 6.45) is 2.63.